The Morgan fingerprint density at radius 2 is 2.04 bits per heavy atom. The van der Waals surface area contributed by atoms with Crippen LogP contribution in [-0.2, 0) is 9.47 Å². The van der Waals surface area contributed by atoms with Crippen molar-refractivity contribution in [3.63, 3.8) is 0 Å². The molecule has 1 saturated heterocycles. The molecule has 1 aliphatic heterocycles. The third kappa shape index (κ3) is 3.57. The average Bonchev–Trinajstić information content (AvgIpc) is 2.57. The third-order valence-electron chi connectivity index (χ3n) is 4.72. The first kappa shape index (κ1) is 16.0. The number of nitrogens with zero attached hydrogens (tertiary/aromatic N) is 2. The van der Waals surface area contributed by atoms with Gasteiger partial charge in [-0.05, 0) is 35.6 Å². The molecule has 0 saturated carbocycles. The number of carbonyl (C=O) groups is 1. The van der Waals surface area contributed by atoms with Crippen molar-refractivity contribution in [3.05, 3.63) is 35.4 Å². The van der Waals surface area contributed by atoms with E-state index in [1.807, 2.05) is 7.05 Å². The fraction of sp³-hybridized carbons (Fsp3) is 0.500. The first-order valence-electron chi connectivity index (χ1n) is 8.10. The molecule has 5 nitrogen and oxygen atoms in total. The van der Waals surface area contributed by atoms with E-state index in [0.717, 1.165) is 32.5 Å². The first-order chi connectivity index (χ1) is 11.2. The number of ether oxygens (including phenoxy) is 2. The number of methoxy groups -OCH3 is 1. The van der Waals surface area contributed by atoms with E-state index < -0.39 is 0 Å². The Morgan fingerprint density at radius 3 is 2.74 bits per heavy atom. The normalized spacial score (nSPS) is 17.9. The van der Waals surface area contributed by atoms with Crippen LogP contribution in [0.3, 0.4) is 0 Å². The highest BCUT2D eigenvalue weighted by molar-refractivity contribution is 5.96. The average molecular weight is 316 g/mol. The molecule has 0 radical (unpaired) electrons. The van der Waals surface area contributed by atoms with Crippen molar-refractivity contribution in [1.29, 1.82) is 0 Å². The SMILES string of the molecule is COCOC(=O)N(C)C1CCN(CC2=Cc3ccccc32)CC1. The summed E-state index contributed by atoms with van der Waals surface area (Å²) < 4.78 is 9.78. The Hall–Kier alpha value is -1.85. The van der Waals surface area contributed by atoms with Gasteiger partial charge < -0.3 is 14.4 Å². The maximum atomic E-state index is 11.9. The van der Waals surface area contributed by atoms with Crippen LogP contribution in [0.25, 0.3) is 11.6 Å². The maximum absolute atomic E-state index is 11.9. The second kappa shape index (κ2) is 7.15. The zero-order valence-corrected chi connectivity index (χ0v) is 13.8. The summed E-state index contributed by atoms with van der Waals surface area (Å²) in [5.74, 6) is 0. The van der Waals surface area contributed by atoms with Crippen molar-refractivity contribution in [2.24, 2.45) is 0 Å². The van der Waals surface area contributed by atoms with Crippen molar-refractivity contribution in [1.82, 2.24) is 9.80 Å². The monoisotopic (exact) mass is 316 g/mol. The topological polar surface area (TPSA) is 42.0 Å². The highest BCUT2D eigenvalue weighted by Crippen LogP contribution is 2.33. The molecule has 5 heteroatoms. The summed E-state index contributed by atoms with van der Waals surface area (Å²) in [5.41, 5.74) is 4.15. The second-order valence-corrected chi connectivity index (χ2v) is 6.19. The standard InChI is InChI=1S/C18H24N2O3/c1-19(18(21)23-13-22-2)16-7-9-20(10-8-16)12-15-11-14-5-3-4-6-17(14)15/h3-6,11,16H,7-10,12-13H2,1-2H3. The molecule has 0 unspecified atom stereocenters. The van der Waals surface area contributed by atoms with Crippen LogP contribution in [0.15, 0.2) is 24.3 Å². The van der Waals surface area contributed by atoms with Crippen LogP contribution in [0.5, 0.6) is 0 Å². The van der Waals surface area contributed by atoms with Crippen molar-refractivity contribution in [2.75, 3.05) is 40.6 Å². The van der Waals surface area contributed by atoms with Gasteiger partial charge in [0.25, 0.3) is 0 Å². The highest BCUT2D eigenvalue weighted by Gasteiger charge is 2.27. The van der Waals surface area contributed by atoms with Gasteiger partial charge in [0.1, 0.15) is 0 Å². The molecule has 0 bridgehead atoms. The summed E-state index contributed by atoms with van der Waals surface area (Å²) in [6.45, 7) is 3.02. The lowest BCUT2D eigenvalue weighted by Gasteiger charge is -2.37. The molecule has 1 aliphatic carbocycles. The summed E-state index contributed by atoms with van der Waals surface area (Å²) in [7, 11) is 3.32. The fourth-order valence-corrected chi connectivity index (χ4v) is 3.30. The van der Waals surface area contributed by atoms with Gasteiger partial charge in [0.05, 0.1) is 0 Å². The van der Waals surface area contributed by atoms with Crippen LogP contribution in [0.1, 0.15) is 24.0 Å². The predicted octanol–water partition coefficient (Wildman–Crippen LogP) is 2.68. The van der Waals surface area contributed by atoms with Gasteiger partial charge in [0.2, 0.25) is 0 Å². The number of likely N-dealkylation sites (tertiary alicyclic amines) is 1. The zero-order valence-electron chi connectivity index (χ0n) is 13.8. The number of carbonyl (C=O) groups excluding carboxylic acids is 1. The Kier molecular flexibility index (Phi) is 4.98. The minimum atomic E-state index is -0.305. The van der Waals surface area contributed by atoms with Gasteiger partial charge in [-0.3, -0.25) is 4.90 Å². The van der Waals surface area contributed by atoms with Crippen molar-refractivity contribution >= 4 is 17.7 Å². The summed E-state index contributed by atoms with van der Waals surface area (Å²) in [6, 6.07) is 8.77. The van der Waals surface area contributed by atoms with Crippen LogP contribution in [0.2, 0.25) is 0 Å². The lowest BCUT2D eigenvalue weighted by molar-refractivity contribution is -0.00942. The molecule has 124 valence electrons. The second-order valence-electron chi connectivity index (χ2n) is 6.19. The van der Waals surface area contributed by atoms with Gasteiger partial charge in [0.15, 0.2) is 6.79 Å². The molecule has 1 fully saturated rings. The van der Waals surface area contributed by atoms with E-state index in [4.69, 9.17) is 9.47 Å². The number of hydrogen-bond donors (Lipinski definition) is 0. The van der Waals surface area contributed by atoms with E-state index in [9.17, 15) is 4.79 Å². The van der Waals surface area contributed by atoms with Crippen molar-refractivity contribution in [2.45, 2.75) is 18.9 Å². The summed E-state index contributed by atoms with van der Waals surface area (Å²) in [5, 5.41) is 0. The third-order valence-corrected chi connectivity index (χ3v) is 4.72. The van der Waals surface area contributed by atoms with Gasteiger partial charge >= 0.3 is 6.09 Å². The number of fused-ring (bicyclic) bond motifs is 1. The Labute approximate surface area is 137 Å². The van der Waals surface area contributed by atoms with Crippen LogP contribution in [0, 0.1) is 0 Å². The molecule has 0 atom stereocenters. The van der Waals surface area contributed by atoms with Gasteiger partial charge in [-0.2, -0.15) is 0 Å². The minimum Gasteiger partial charge on any atom is -0.422 e. The largest absolute Gasteiger partial charge is 0.422 e. The first-order valence-corrected chi connectivity index (χ1v) is 8.10. The Balaban J connectivity index is 1.45. The van der Waals surface area contributed by atoms with Crippen LogP contribution in [0.4, 0.5) is 4.79 Å². The molecule has 0 spiro atoms. The molecular formula is C18H24N2O3. The minimum absolute atomic E-state index is 0.00951. The molecule has 1 aromatic carbocycles. The quantitative estimate of drug-likeness (QED) is 0.783. The van der Waals surface area contributed by atoms with E-state index in [2.05, 4.69) is 35.2 Å². The number of piperidine rings is 1. The van der Waals surface area contributed by atoms with E-state index in [-0.39, 0.29) is 18.9 Å². The summed E-state index contributed by atoms with van der Waals surface area (Å²) in [6.07, 6.45) is 3.93. The van der Waals surface area contributed by atoms with Gasteiger partial charge in [-0.15, -0.1) is 0 Å². The van der Waals surface area contributed by atoms with Crippen molar-refractivity contribution in [3.8, 4) is 0 Å². The molecule has 0 N–H and O–H groups in total. The van der Waals surface area contributed by atoms with Gasteiger partial charge in [-0.25, -0.2) is 4.79 Å². The van der Waals surface area contributed by atoms with Gasteiger partial charge in [-0.1, -0.05) is 24.3 Å². The lowest BCUT2D eigenvalue weighted by atomic mass is 9.88. The van der Waals surface area contributed by atoms with E-state index in [1.165, 1.54) is 23.8 Å². The predicted molar refractivity (Wildman–Crippen MR) is 89.9 cm³/mol. The molecule has 23 heavy (non-hydrogen) atoms. The summed E-state index contributed by atoms with van der Waals surface area (Å²) in [4.78, 5) is 16.0. The van der Waals surface area contributed by atoms with E-state index in [0.29, 0.717) is 0 Å². The lowest BCUT2D eigenvalue weighted by Crippen LogP contribution is -2.46. The molecular weight excluding hydrogens is 292 g/mol. The number of amides is 1. The number of rotatable bonds is 5. The number of hydrogen-bond acceptors (Lipinski definition) is 4. The molecule has 0 aromatic heterocycles. The smallest absolute Gasteiger partial charge is 0.411 e. The fourth-order valence-electron chi connectivity index (χ4n) is 3.30. The van der Waals surface area contributed by atoms with Crippen LogP contribution in [-0.4, -0.2) is 62.5 Å². The van der Waals surface area contributed by atoms with Crippen LogP contribution >= 0.6 is 0 Å². The molecule has 1 aromatic rings. The maximum Gasteiger partial charge on any atom is 0.411 e. The van der Waals surface area contributed by atoms with E-state index in [1.54, 1.807) is 4.90 Å². The molecule has 3 rings (SSSR count). The van der Waals surface area contributed by atoms with Gasteiger partial charge in [0, 0.05) is 39.8 Å². The Bertz CT molecular complexity index is 592. The molecule has 1 heterocycles. The zero-order chi connectivity index (χ0) is 16.2. The van der Waals surface area contributed by atoms with E-state index >= 15 is 0 Å². The van der Waals surface area contributed by atoms with Crippen molar-refractivity contribution < 1.29 is 14.3 Å². The molecule has 2 aliphatic rings. The highest BCUT2D eigenvalue weighted by atomic mass is 16.7. The van der Waals surface area contributed by atoms with Crippen LogP contribution < -0.4 is 0 Å². The summed E-state index contributed by atoms with van der Waals surface area (Å²) >= 11 is 0. The molecule has 1 amide bonds. The number of benzene rings is 1. The Morgan fingerprint density at radius 1 is 1.30 bits per heavy atom.